The van der Waals surface area contributed by atoms with Gasteiger partial charge in [-0.1, -0.05) is 0 Å². The predicted octanol–water partition coefficient (Wildman–Crippen LogP) is -2.10. The fourth-order valence-corrected chi connectivity index (χ4v) is 5.49. The van der Waals surface area contributed by atoms with Gasteiger partial charge in [-0.25, -0.2) is 0 Å². The Morgan fingerprint density at radius 2 is 1.40 bits per heavy atom. The maximum absolute atomic E-state index is 13.8. The second kappa shape index (κ2) is 14.3. The number of ether oxygens (including phenoxy) is 7. The van der Waals surface area contributed by atoms with Crippen LogP contribution in [0.2, 0.25) is 0 Å². The van der Waals surface area contributed by atoms with Gasteiger partial charge in [-0.15, -0.1) is 0 Å². The van der Waals surface area contributed by atoms with Gasteiger partial charge in [-0.2, -0.15) is 0 Å². The number of rotatable bonds is 10. The molecule has 9 N–H and O–H groups in total. The van der Waals surface area contributed by atoms with Crippen molar-refractivity contribution in [2.45, 2.75) is 61.4 Å². The minimum atomic E-state index is -1.93. The Balaban J connectivity index is 1.62. The van der Waals surface area contributed by atoms with E-state index >= 15 is 0 Å². The number of aromatic hydroxyl groups is 2. The summed E-state index contributed by atoms with van der Waals surface area (Å²) in [6.07, 6.45) is -17.6. The van der Waals surface area contributed by atoms with Crippen LogP contribution in [0, 0.1) is 0 Å². The van der Waals surface area contributed by atoms with Gasteiger partial charge < -0.3 is 83.5 Å². The number of phenolic OH excluding ortho intramolecular Hbond substituents is 1. The van der Waals surface area contributed by atoms with Gasteiger partial charge in [0, 0.05) is 12.1 Å². The fourth-order valence-electron chi connectivity index (χ4n) is 5.49. The number of phenols is 1. The lowest BCUT2D eigenvalue weighted by atomic mass is 9.97. The van der Waals surface area contributed by atoms with Crippen LogP contribution in [0.1, 0.15) is 0 Å². The quantitative estimate of drug-likeness (QED) is 0.111. The van der Waals surface area contributed by atoms with Crippen molar-refractivity contribution in [3.05, 3.63) is 34.5 Å². The lowest BCUT2D eigenvalue weighted by Crippen LogP contribution is -2.65. The Hall–Kier alpha value is -3.95. The molecule has 18 nitrogen and oxygen atoms in total. The first-order valence-electron chi connectivity index (χ1n) is 14.5. The Morgan fingerprint density at radius 1 is 0.750 bits per heavy atom. The molecule has 0 amide bonds. The van der Waals surface area contributed by atoms with E-state index in [0.717, 1.165) is 6.07 Å². The molecule has 2 aliphatic rings. The number of hydrogen-bond donors (Lipinski definition) is 9. The van der Waals surface area contributed by atoms with Crippen LogP contribution in [0.25, 0.3) is 22.3 Å². The minimum Gasteiger partial charge on any atom is -0.507 e. The molecular formula is C30H36O18. The summed E-state index contributed by atoms with van der Waals surface area (Å²) in [6, 6.07) is 5.16. The Labute approximate surface area is 271 Å². The third kappa shape index (κ3) is 6.18. The highest BCUT2D eigenvalue weighted by molar-refractivity contribution is 5.94. The maximum Gasteiger partial charge on any atom is 0.238 e. The monoisotopic (exact) mass is 684 g/mol. The smallest absolute Gasteiger partial charge is 0.238 e. The zero-order valence-corrected chi connectivity index (χ0v) is 25.7. The summed E-state index contributed by atoms with van der Waals surface area (Å²) in [6.45, 7) is -1.62. The van der Waals surface area contributed by atoms with Crippen LogP contribution >= 0.6 is 0 Å². The zero-order chi connectivity index (χ0) is 35.0. The van der Waals surface area contributed by atoms with E-state index in [1.54, 1.807) is 0 Å². The van der Waals surface area contributed by atoms with Crippen molar-refractivity contribution < 1.29 is 83.5 Å². The molecule has 2 aliphatic heterocycles. The standard InChI is InChI=1S/C30H36O18/c1-41-10-4-5-11(12(33)6-10)25-23(39)20(36)17-13(7-14(42-2)26(43-3)27(17)47-25)44-30-28(22(38)19(35)16(9-32)46-30)48-29-24(40)21(37)18(34)15(8-31)45-29/h4-7,15-16,18-19,21-22,24,28-35,37-40H,8-9H2,1-3H3/t15?,16?,18-,19+,21+,22+,24?,28?,29+,30-/m1/s1. The number of aliphatic hydroxyl groups is 7. The van der Waals surface area contributed by atoms with Crippen molar-refractivity contribution in [2.75, 3.05) is 34.5 Å². The van der Waals surface area contributed by atoms with Crippen LogP contribution in [0.5, 0.6) is 34.5 Å². The summed E-state index contributed by atoms with van der Waals surface area (Å²) in [5.74, 6) is -2.16. The molecule has 2 fully saturated rings. The number of hydrogen-bond acceptors (Lipinski definition) is 18. The normalized spacial score (nSPS) is 30.6. The average molecular weight is 685 g/mol. The van der Waals surface area contributed by atoms with Crippen LogP contribution in [0.3, 0.4) is 0 Å². The van der Waals surface area contributed by atoms with Crippen molar-refractivity contribution in [1.82, 2.24) is 0 Å². The number of fused-ring (bicyclic) bond motifs is 1. The van der Waals surface area contributed by atoms with Gasteiger partial charge in [0.2, 0.25) is 23.2 Å². The third-order valence-corrected chi connectivity index (χ3v) is 8.11. The van der Waals surface area contributed by atoms with E-state index in [0.29, 0.717) is 0 Å². The van der Waals surface area contributed by atoms with Gasteiger partial charge in [0.05, 0.1) is 40.1 Å². The predicted molar refractivity (Wildman–Crippen MR) is 158 cm³/mol. The summed E-state index contributed by atoms with van der Waals surface area (Å²) in [5.41, 5.74) is -1.51. The molecule has 0 radical (unpaired) electrons. The Kier molecular flexibility index (Phi) is 10.5. The second-order valence-corrected chi connectivity index (χ2v) is 10.9. The lowest BCUT2D eigenvalue weighted by molar-refractivity contribution is -0.357. The zero-order valence-electron chi connectivity index (χ0n) is 25.7. The first kappa shape index (κ1) is 35.4. The van der Waals surface area contributed by atoms with E-state index in [4.69, 9.17) is 37.6 Å². The molecule has 2 aromatic carbocycles. The van der Waals surface area contributed by atoms with E-state index in [1.165, 1.54) is 39.5 Å². The maximum atomic E-state index is 13.8. The van der Waals surface area contributed by atoms with Gasteiger partial charge in [-0.3, -0.25) is 4.79 Å². The molecule has 2 saturated heterocycles. The van der Waals surface area contributed by atoms with Gasteiger partial charge >= 0.3 is 0 Å². The van der Waals surface area contributed by atoms with E-state index in [1.807, 2.05) is 0 Å². The largest absolute Gasteiger partial charge is 0.507 e. The summed E-state index contributed by atoms with van der Waals surface area (Å²) >= 11 is 0. The molecule has 5 rings (SSSR count). The van der Waals surface area contributed by atoms with E-state index in [-0.39, 0.29) is 28.4 Å². The Morgan fingerprint density at radius 3 is 1.98 bits per heavy atom. The third-order valence-electron chi connectivity index (χ3n) is 8.11. The van der Waals surface area contributed by atoms with Crippen molar-refractivity contribution in [3.8, 4) is 45.8 Å². The fraction of sp³-hybridized carbons (Fsp3) is 0.500. The summed E-state index contributed by atoms with van der Waals surface area (Å²) in [5, 5.41) is 93.1. The molecular weight excluding hydrogens is 648 g/mol. The first-order chi connectivity index (χ1) is 22.9. The summed E-state index contributed by atoms with van der Waals surface area (Å²) < 4.78 is 44.6. The second-order valence-electron chi connectivity index (χ2n) is 10.9. The molecule has 0 saturated carbocycles. The highest BCUT2D eigenvalue weighted by Crippen LogP contribution is 2.46. The molecule has 0 spiro atoms. The van der Waals surface area contributed by atoms with Crippen LogP contribution in [0.4, 0.5) is 0 Å². The molecule has 0 bridgehead atoms. The topological polar surface area (TPSA) is 277 Å². The molecule has 4 unspecified atom stereocenters. The van der Waals surface area contributed by atoms with Crippen molar-refractivity contribution in [2.24, 2.45) is 0 Å². The summed E-state index contributed by atoms with van der Waals surface area (Å²) in [7, 11) is 3.87. The molecule has 48 heavy (non-hydrogen) atoms. The van der Waals surface area contributed by atoms with Crippen molar-refractivity contribution >= 4 is 11.0 Å². The van der Waals surface area contributed by atoms with E-state index < -0.39 is 108 Å². The summed E-state index contributed by atoms with van der Waals surface area (Å²) in [4.78, 5) is 13.8. The van der Waals surface area contributed by atoms with Crippen LogP contribution in [-0.4, -0.2) is 142 Å². The van der Waals surface area contributed by atoms with E-state index in [2.05, 4.69) is 0 Å². The van der Waals surface area contributed by atoms with Crippen LogP contribution in [0.15, 0.2) is 33.5 Å². The highest BCUT2D eigenvalue weighted by atomic mass is 16.8. The van der Waals surface area contributed by atoms with Crippen molar-refractivity contribution in [1.29, 1.82) is 0 Å². The molecule has 10 atom stereocenters. The SMILES string of the molecule is COc1ccc(-c2oc3c(OC)c(OC)cc(O[C@@H]4OC(CO)[C@H](O)[C@H](O)C4O[C@@H]4OC(CO)[C@@H](O)[C@H](O)C4O)c3c(=O)c2O)c(O)c1. The highest BCUT2D eigenvalue weighted by Gasteiger charge is 2.51. The van der Waals surface area contributed by atoms with E-state index in [9.17, 15) is 50.8 Å². The molecule has 3 aromatic rings. The van der Waals surface area contributed by atoms with Gasteiger partial charge in [0.1, 0.15) is 65.4 Å². The van der Waals surface area contributed by atoms with Gasteiger partial charge in [-0.05, 0) is 12.1 Å². The Bertz CT molecular complexity index is 1660. The molecule has 3 heterocycles. The number of aliphatic hydroxyl groups excluding tert-OH is 7. The van der Waals surface area contributed by atoms with Gasteiger partial charge in [0.15, 0.2) is 29.5 Å². The number of methoxy groups -OCH3 is 3. The lowest BCUT2D eigenvalue weighted by Gasteiger charge is -2.45. The molecule has 264 valence electrons. The van der Waals surface area contributed by atoms with Crippen LogP contribution < -0.4 is 24.4 Å². The molecule has 0 aliphatic carbocycles. The van der Waals surface area contributed by atoms with Crippen molar-refractivity contribution in [3.63, 3.8) is 0 Å². The minimum absolute atomic E-state index is 0.0692. The van der Waals surface area contributed by atoms with Gasteiger partial charge in [0.25, 0.3) is 0 Å². The van der Waals surface area contributed by atoms with Crippen LogP contribution in [-0.2, 0) is 14.2 Å². The number of benzene rings is 2. The molecule has 18 heteroatoms. The first-order valence-corrected chi connectivity index (χ1v) is 14.5. The molecule has 1 aromatic heterocycles. The average Bonchev–Trinajstić information content (AvgIpc) is 3.08.